The predicted molar refractivity (Wildman–Crippen MR) is 91.8 cm³/mol. The predicted octanol–water partition coefficient (Wildman–Crippen LogP) is 3.13. The van der Waals surface area contributed by atoms with Crippen LogP contribution >= 0.6 is 11.6 Å². The lowest BCUT2D eigenvalue weighted by Gasteiger charge is -2.01. The first-order valence-electron chi connectivity index (χ1n) is 6.62. The average molecular weight is 314 g/mol. The van der Waals surface area contributed by atoms with Crippen molar-refractivity contribution in [1.82, 2.24) is 10.9 Å². The minimum absolute atomic E-state index is 0.0193. The number of halogens is 1. The van der Waals surface area contributed by atoms with Crippen LogP contribution in [-0.4, -0.2) is 18.4 Å². The third-order valence-electron chi connectivity index (χ3n) is 2.69. The summed E-state index contributed by atoms with van der Waals surface area (Å²) in [6, 6.07) is 15.1. The van der Waals surface area contributed by atoms with E-state index < -0.39 is 0 Å². The molecule has 2 aromatic carbocycles. The van der Waals surface area contributed by atoms with E-state index in [2.05, 4.69) is 21.1 Å². The number of hydrogen-bond donors (Lipinski definition) is 3. The van der Waals surface area contributed by atoms with Gasteiger partial charge in [0.15, 0.2) is 0 Å². The zero-order chi connectivity index (χ0) is 15.8. The van der Waals surface area contributed by atoms with Crippen LogP contribution in [0.4, 0.5) is 0 Å². The van der Waals surface area contributed by atoms with Gasteiger partial charge in [-0.25, -0.2) is 10.9 Å². The Morgan fingerprint density at radius 1 is 1.00 bits per heavy atom. The van der Waals surface area contributed by atoms with E-state index in [1.54, 1.807) is 24.6 Å². The zero-order valence-electron chi connectivity index (χ0n) is 12.0. The van der Waals surface area contributed by atoms with E-state index in [9.17, 15) is 0 Å². The standard InChI is InChI=1S/C16H16ClN5/c1-12-3-2-4-14(9-12)11-20-22-16(18)21-19-10-13-5-7-15(17)8-6-13/h2-11H,1H3,(H3,18,21,22)/b19-10+,20-11+. The molecule has 3 N–H and O–H groups in total. The molecule has 0 aromatic heterocycles. The highest BCUT2D eigenvalue weighted by atomic mass is 35.5. The second kappa shape index (κ2) is 7.95. The molecule has 0 aliphatic carbocycles. The fourth-order valence-electron chi connectivity index (χ4n) is 1.67. The number of guanidine groups is 1. The van der Waals surface area contributed by atoms with E-state index in [1.165, 1.54) is 0 Å². The Kier molecular flexibility index (Phi) is 5.68. The summed E-state index contributed by atoms with van der Waals surface area (Å²) in [7, 11) is 0. The first-order chi connectivity index (χ1) is 10.6. The molecule has 0 bridgehead atoms. The Morgan fingerprint density at radius 2 is 1.64 bits per heavy atom. The maximum absolute atomic E-state index is 7.63. The second-order valence-corrected chi connectivity index (χ2v) is 5.02. The number of aryl methyl sites for hydroxylation is 1. The van der Waals surface area contributed by atoms with Crippen LogP contribution < -0.4 is 10.9 Å². The Bertz CT molecular complexity index is 692. The number of benzene rings is 2. The topological polar surface area (TPSA) is 72.6 Å². The number of hydrazone groups is 2. The molecule has 0 fully saturated rings. The van der Waals surface area contributed by atoms with E-state index in [0.717, 1.165) is 16.7 Å². The Labute approximate surface area is 134 Å². The molecule has 0 atom stereocenters. The van der Waals surface area contributed by atoms with Gasteiger partial charge in [0.1, 0.15) is 0 Å². The molecule has 0 spiro atoms. The molecule has 2 aromatic rings. The summed E-state index contributed by atoms with van der Waals surface area (Å²) in [5, 5.41) is 16.2. The highest BCUT2D eigenvalue weighted by Gasteiger charge is 1.92. The van der Waals surface area contributed by atoms with Crippen LogP contribution in [0.1, 0.15) is 16.7 Å². The van der Waals surface area contributed by atoms with Crippen LogP contribution in [0, 0.1) is 12.3 Å². The molecule has 6 heteroatoms. The lowest BCUT2D eigenvalue weighted by Crippen LogP contribution is -2.29. The van der Waals surface area contributed by atoms with Crippen LogP contribution in [0.2, 0.25) is 5.02 Å². The lowest BCUT2D eigenvalue weighted by molar-refractivity contribution is 0.893. The summed E-state index contributed by atoms with van der Waals surface area (Å²) in [6.07, 6.45) is 3.24. The van der Waals surface area contributed by atoms with Crippen LogP contribution in [0.15, 0.2) is 58.7 Å². The van der Waals surface area contributed by atoms with Gasteiger partial charge in [0.2, 0.25) is 5.96 Å². The Morgan fingerprint density at radius 3 is 2.27 bits per heavy atom. The first kappa shape index (κ1) is 15.7. The van der Waals surface area contributed by atoms with Crippen molar-refractivity contribution in [3.8, 4) is 0 Å². The molecule has 0 amide bonds. The number of rotatable bonds is 4. The van der Waals surface area contributed by atoms with Crippen molar-refractivity contribution < 1.29 is 0 Å². The van der Waals surface area contributed by atoms with Gasteiger partial charge in [0.05, 0.1) is 12.4 Å². The molecule has 0 aliphatic heterocycles. The molecule has 0 heterocycles. The summed E-state index contributed by atoms with van der Waals surface area (Å²) >= 11 is 5.79. The summed E-state index contributed by atoms with van der Waals surface area (Å²) in [6.45, 7) is 2.01. The van der Waals surface area contributed by atoms with Crippen molar-refractivity contribution in [1.29, 1.82) is 5.41 Å². The van der Waals surface area contributed by atoms with Crippen LogP contribution in [-0.2, 0) is 0 Å². The van der Waals surface area contributed by atoms with Gasteiger partial charge in [-0.2, -0.15) is 10.2 Å². The van der Waals surface area contributed by atoms with Gasteiger partial charge in [-0.15, -0.1) is 0 Å². The lowest BCUT2D eigenvalue weighted by atomic mass is 10.2. The highest BCUT2D eigenvalue weighted by Crippen LogP contribution is 2.07. The summed E-state index contributed by atoms with van der Waals surface area (Å²) in [5.41, 5.74) is 8.09. The molecule has 0 aliphatic rings. The third-order valence-corrected chi connectivity index (χ3v) is 2.94. The van der Waals surface area contributed by atoms with Crippen molar-refractivity contribution in [2.75, 3.05) is 0 Å². The molecule has 0 radical (unpaired) electrons. The fraction of sp³-hybridized carbons (Fsp3) is 0.0625. The largest absolute Gasteiger partial charge is 0.266 e. The minimum Gasteiger partial charge on any atom is -0.266 e. The fourth-order valence-corrected chi connectivity index (χ4v) is 1.79. The van der Waals surface area contributed by atoms with Gasteiger partial charge < -0.3 is 0 Å². The van der Waals surface area contributed by atoms with E-state index in [4.69, 9.17) is 17.0 Å². The number of hydrogen-bond acceptors (Lipinski definition) is 3. The van der Waals surface area contributed by atoms with Crippen molar-refractivity contribution in [3.05, 3.63) is 70.2 Å². The van der Waals surface area contributed by atoms with Gasteiger partial charge in [0.25, 0.3) is 0 Å². The number of nitrogens with zero attached hydrogens (tertiary/aromatic N) is 2. The first-order valence-corrected chi connectivity index (χ1v) is 7.00. The van der Waals surface area contributed by atoms with E-state index in [0.29, 0.717) is 5.02 Å². The maximum atomic E-state index is 7.63. The third kappa shape index (κ3) is 5.38. The smallest absolute Gasteiger partial charge is 0.230 e. The van der Waals surface area contributed by atoms with Gasteiger partial charge in [-0.05, 0) is 30.2 Å². The van der Waals surface area contributed by atoms with Crippen molar-refractivity contribution in [2.24, 2.45) is 10.2 Å². The molecule has 2 rings (SSSR count). The van der Waals surface area contributed by atoms with Gasteiger partial charge in [-0.3, -0.25) is 5.41 Å². The SMILES string of the molecule is Cc1cccc(/C=N/NC(=N)N/N=C/c2ccc(Cl)cc2)c1. The van der Waals surface area contributed by atoms with E-state index >= 15 is 0 Å². The molecule has 0 saturated carbocycles. The monoisotopic (exact) mass is 313 g/mol. The number of nitrogens with one attached hydrogen (secondary N) is 3. The minimum atomic E-state index is -0.0193. The van der Waals surface area contributed by atoms with Gasteiger partial charge in [-0.1, -0.05) is 53.6 Å². The van der Waals surface area contributed by atoms with Crippen molar-refractivity contribution >= 4 is 30.0 Å². The second-order valence-electron chi connectivity index (χ2n) is 4.58. The normalized spacial score (nSPS) is 11.0. The molecule has 0 saturated heterocycles. The molecule has 0 unspecified atom stereocenters. The molecule has 5 nitrogen and oxygen atoms in total. The van der Waals surface area contributed by atoms with Gasteiger partial charge >= 0.3 is 0 Å². The quantitative estimate of drug-likeness (QED) is 0.461. The van der Waals surface area contributed by atoms with E-state index in [1.807, 2.05) is 43.3 Å². The average Bonchev–Trinajstić information content (AvgIpc) is 2.49. The van der Waals surface area contributed by atoms with Gasteiger partial charge in [0, 0.05) is 5.02 Å². The van der Waals surface area contributed by atoms with Crippen molar-refractivity contribution in [3.63, 3.8) is 0 Å². The van der Waals surface area contributed by atoms with Crippen LogP contribution in [0.3, 0.4) is 0 Å². The summed E-state index contributed by atoms with van der Waals surface area (Å²) < 4.78 is 0. The van der Waals surface area contributed by atoms with Crippen LogP contribution in [0.25, 0.3) is 0 Å². The molecule has 112 valence electrons. The maximum Gasteiger partial charge on any atom is 0.230 e. The van der Waals surface area contributed by atoms with Crippen molar-refractivity contribution in [2.45, 2.75) is 6.92 Å². The molecular formula is C16H16ClN5. The highest BCUT2D eigenvalue weighted by molar-refractivity contribution is 6.30. The summed E-state index contributed by atoms with van der Waals surface area (Å²) in [5.74, 6) is -0.0193. The Balaban J connectivity index is 1.79. The van der Waals surface area contributed by atoms with Crippen LogP contribution in [0.5, 0.6) is 0 Å². The van der Waals surface area contributed by atoms with E-state index in [-0.39, 0.29) is 5.96 Å². The molecular weight excluding hydrogens is 298 g/mol. The Hall–Kier alpha value is -2.66. The summed E-state index contributed by atoms with van der Waals surface area (Å²) in [4.78, 5) is 0. The zero-order valence-corrected chi connectivity index (χ0v) is 12.8. The molecule has 22 heavy (non-hydrogen) atoms.